The number of nitrogens with one attached hydrogen (secondary N) is 1. The van der Waals surface area contributed by atoms with E-state index in [1.807, 2.05) is 0 Å². The summed E-state index contributed by atoms with van der Waals surface area (Å²) in [6.45, 7) is 10.2. The first-order chi connectivity index (χ1) is 12.8. The van der Waals surface area contributed by atoms with Gasteiger partial charge < -0.3 is 15.0 Å². The second kappa shape index (κ2) is 9.65. The Hall–Kier alpha value is -2.20. The molecule has 5 heteroatoms. The molecule has 0 saturated carbocycles. The van der Waals surface area contributed by atoms with Crippen molar-refractivity contribution in [1.29, 1.82) is 0 Å². The Bertz CT molecular complexity index is 727. The number of nitrogens with zero attached hydrogens (tertiary/aromatic N) is 1. The first-order valence-electron chi connectivity index (χ1n) is 9.36. The number of halogens is 1. The quantitative estimate of drug-likeness (QED) is 0.625. The van der Waals surface area contributed by atoms with E-state index < -0.39 is 5.60 Å². The van der Waals surface area contributed by atoms with Crippen molar-refractivity contribution in [2.45, 2.75) is 39.7 Å². The van der Waals surface area contributed by atoms with Crippen molar-refractivity contribution in [2.24, 2.45) is 0 Å². The molecule has 0 radical (unpaired) electrons. The zero-order chi connectivity index (χ0) is 19.9. The second-order valence-electron chi connectivity index (χ2n) is 7.09. The van der Waals surface area contributed by atoms with Crippen LogP contribution < -0.4 is 15.0 Å². The van der Waals surface area contributed by atoms with Gasteiger partial charge in [0.15, 0.2) is 5.60 Å². The van der Waals surface area contributed by atoms with Gasteiger partial charge in [0.25, 0.3) is 5.91 Å². The lowest BCUT2D eigenvalue weighted by atomic mass is 10.1. The summed E-state index contributed by atoms with van der Waals surface area (Å²) >= 11 is 5.88. The smallest absolute Gasteiger partial charge is 0.263 e. The molecular formula is C22H29ClN2O2. The normalized spacial score (nSPS) is 11.1. The van der Waals surface area contributed by atoms with Crippen LogP contribution in [0, 0.1) is 6.92 Å². The van der Waals surface area contributed by atoms with E-state index in [1.165, 1.54) is 11.3 Å². The van der Waals surface area contributed by atoms with Gasteiger partial charge in [-0.3, -0.25) is 4.79 Å². The van der Waals surface area contributed by atoms with Crippen LogP contribution in [0.5, 0.6) is 5.75 Å². The highest BCUT2D eigenvalue weighted by Gasteiger charge is 2.29. The molecule has 0 spiro atoms. The van der Waals surface area contributed by atoms with Gasteiger partial charge in [0.2, 0.25) is 0 Å². The number of amides is 1. The molecule has 0 heterocycles. The zero-order valence-electron chi connectivity index (χ0n) is 16.6. The van der Waals surface area contributed by atoms with Gasteiger partial charge in [0, 0.05) is 30.3 Å². The highest BCUT2D eigenvalue weighted by Crippen LogP contribution is 2.21. The molecule has 0 saturated heterocycles. The Morgan fingerprint density at radius 1 is 1.11 bits per heavy atom. The molecule has 0 aromatic heterocycles. The molecule has 0 bridgehead atoms. The Balaban J connectivity index is 1.80. The van der Waals surface area contributed by atoms with E-state index in [0.29, 0.717) is 17.3 Å². The van der Waals surface area contributed by atoms with Crippen molar-refractivity contribution in [3.8, 4) is 5.75 Å². The maximum absolute atomic E-state index is 12.5. The number of rotatable bonds is 9. The molecule has 27 heavy (non-hydrogen) atoms. The minimum Gasteiger partial charge on any atom is -0.478 e. The third-order valence-corrected chi connectivity index (χ3v) is 4.66. The van der Waals surface area contributed by atoms with E-state index >= 15 is 0 Å². The minimum atomic E-state index is -0.949. The SMILES string of the molecule is CCN(CCCNC(=O)C(C)(C)Oc1ccc(Cl)cc1)c1ccc(C)cc1. The molecule has 0 unspecified atom stereocenters. The first kappa shape index (κ1) is 21.1. The van der Waals surface area contributed by atoms with Crippen LogP contribution in [-0.2, 0) is 4.79 Å². The Morgan fingerprint density at radius 3 is 2.33 bits per heavy atom. The number of aryl methyl sites for hydroxylation is 1. The van der Waals surface area contributed by atoms with Gasteiger partial charge in [-0.05, 0) is 70.5 Å². The summed E-state index contributed by atoms with van der Waals surface area (Å²) in [6.07, 6.45) is 0.866. The summed E-state index contributed by atoms with van der Waals surface area (Å²) in [7, 11) is 0. The van der Waals surface area contributed by atoms with Crippen LogP contribution in [0.4, 0.5) is 5.69 Å². The summed E-state index contributed by atoms with van der Waals surface area (Å²) in [4.78, 5) is 14.8. The van der Waals surface area contributed by atoms with E-state index in [-0.39, 0.29) is 5.91 Å². The predicted molar refractivity (Wildman–Crippen MR) is 113 cm³/mol. The molecule has 2 aromatic rings. The van der Waals surface area contributed by atoms with Crippen LogP contribution in [0.1, 0.15) is 32.8 Å². The maximum Gasteiger partial charge on any atom is 0.263 e. The topological polar surface area (TPSA) is 41.6 Å². The molecule has 4 nitrogen and oxygen atoms in total. The molecule has 1 N–H and O–H groups in total. The van der Waals surface area contributed by atoms with Crippen LogP contribution in [0.25, 0.3) is 0 Å². The van der Waals surface area contributed by atoms with Gasteiger partial charge in [-0.2, -0.15) is 0 Å². The number of anilines is 1. The molecule has 1 amide bonds. The molecular weight excluding hydrogens is 360 g/mol. The fourth-order valence-corrected chi connectivity index (χ4v) is 2.88. The number of carbonyl (C=O) groups is 1. The average Bonchev–Trinajstić information content (AvgIpc) is 2.64. The number of hydrogen-bond acceptors (Lipinski definition) is 3. The van der Waals surface area contributed by atoms with E-state index in [2.05, 4.69) is 48.3 Å². The lowest BCUT2D eigenvalue weighted by Gasteiger charge is -2.26. The molecule has 0 aliphatic rings. The molecule has 2 rings (SSSR count). The molecule has 0 atom stereocenters. The van der Waals surface area contributed by atoms with Crippen LogP contribution in [0.2, 0.25) is 5.02 Å². The standard InChI is InChI=1S/C22H29ClN2O2/c1-5-25(19-11-7-17(2)8-12-19)16-6-15-24-21(26)22(3,4)27-20-13-9-18(23)10-14-20/h7-14H,5-6,15-16H2,1-4H3,(H,24,26). The van der Waals surface area contributed by atoms with Gasteiger partial charge >= 0.3 is 0 Å². The number of ether oxygens (including phenoxy) is 1. The van der Waals surface area contributed by atoms with Crippen molar-refractivity contribution < 1.29 is 9.53 Å². The fraction of sp³-hybridized carbons (Fsp3) is 0.409. The van der Waals surface area contributed by atoms with Crippen LogP contribution in [0.15, 0.2) is 48.5 Å². The van der Waals surface area contributed by atoms with Crippen LogP contribution in [-0.4, -0.2) is 31.1 Å². The second-order valence-corrected chi connectivity index (χ2v) is 7.53. The average molecular weight is 389 g/mol. The van der Waals surface area contributed by atoms with Crippen LogP contribution in [0.3, 0.4) is 0 Å². The molecule has 2 aromatic carbocycles. The molecule has 146 valence electrons. The monoisotopic (exact) mass is 388 g/mol. The third-order valence-electron chi connectivity index (χ3n) is 4.40. The van der Waals surface area contributed by atoms with Crippen molar-refractivity contribution in [3.05, 3.63) is 59.1 Å². The zero-order valence-corrected chi connectivity index (χ0v) is 17.3. The number of benzene rings is 2. The van der Waals surface area contributed by atoms with Crippen molar-refractivity contribution >= 4 is 23.2 Å². The largest absolute Gasteiger partial charge is 0.478 e. The summed E-state index contributed by atoms with van der Waals surface area (Å²) in [6, 6.07) is 15.5. The van der Waals surface area contributed by atoms with E-state index in [1.54, 1.807) is 38.1 Å². The molecule has 0 aliphatic carbocycles. The molecule has 0 aliphatic heterocycles. The Morgan fingerprint density at radius 2 is 1.74 bits per heavy atom. The lowest BCUT2D eigenvalue weighted by molar-refractivity contribution is -0.134. The number of carbonyl (C=O) groups excluding carboxylic acids is 1. The Labute approximate surface area is 167 Å². The Kier molecular flexibility index (Phi) is 7.55. The van der Waals surface area contributed by atoms with Gasteiger partial charge in [-0.15, -0.1) is 0 Å². The lowest BCUT2D eigenvalue weighted by Crippen LogP contribution is -2.47. The highest BCUT2D eigenvalue weighted by molar-refractivity contribution is 6.30. The summed E-state index contributed by atoms with van der Waals surface area (Å²) in [5, 5.41) is 3.62. The van der Waals surface area contributed by atoms with E-state index in [4.69, 9.17) is 16.3 Å². The summed E-state index contributed by atoms with van der Waals surface area (Å²) < 4.78 is 5.82. The summed E-state index contributed by atoms with van der Waals surface area (Å²) in [5.41, 5.74) is 1.51. The third kappa shape index (κ3) is 6.47. The van der Waals surface area contributed by atoms with E-state index in [9.17, 15) is 4.79 Å². The highest BCUT2D eigenvalue weighted by atomic mass is 35.5. The first-order valence-corrected chi connectivity index (χ1v) is 9.74. The van der Waals surface area contributed by atoms with Crippen molar-refractivity contribution in [1.82, 2.24) is 5.32 Å². The van der Waals surface area contributed by atoms with E-state index in [0.717, 1.165) is 19.5 Å². The van der Waals surface area contributed by atoms with Gasteiger partial charge in [0.1, 0.15) is 5.75 Å². The van der Waals surface area contributed by atoms with Crippen molar-refractivity contribution in [3.63, 3.8) is 0 Å². The van der Waals surface area contributed by atoms with Crippen molar-refractivity contribution in [2.75, 3.05) is 24.5 Å². The van der Waals surface area contributed by atoms with Gasteiger partial charge in [0.05, 0.1) is 0 Å². The predicted octanol–water partition coefficient (Wildman–Crippen LogP) is 4.84. The minimum absolute atomic E-state index is 0.129. The van der Waals surface area contributed by atoms with Gasteiger partial charge in [-0.25, -0.2) is 0 Å². The fourth-order valence-electron chi connectivity index (χ4n) is 2.75. The molecule has 0 fully saturated rings. The maximum atomic E-state index is 12.5. The number of hydrogen-bond donors (Lipinski definition) is 1. The van der Waals surface area contributed by atoms with Gasteiger partial charge in [-0.1, -0.05) is 29.3 Å². The summed E-state index contributed by atoms with van der Waals surface area (Å²) in [5.74, 6) is 0.493. The van der Waals surface area contributed by atoms with Crippen LogP contribution >= 0.6 is 11.6 Å².